The number of anilines is 1. The Morgan fingerprint density at radius 3 is 2.76 bits per heavy atom. The van der Waals surface area contributed by atoms with Crippen LogP contribution in [0, 0.1) is 5.92 Å². The van der Waals surface area contributed by atoms with Gasteiger partial charge in [0, 0.05) is 17.6 Å². The van der Waals surface area contributed by atoms with E-state index in [2.05, 4.69) is 10.3 Å². The van der Waals surface area contributed by atoms with Gasteiger partial charge in [0.25, 0.3) is 0 Å². The number of nitrogens with zero attached hydrogens (tertiary/aromatic N) is 1. The normalized spacial score (nSPS) is 17.1. The van der Waals surface area contributed by atoms with Gasteiger partial charge >= 0.3 is 0 Å². The molecule has 1 aromatic carbocycles. The van der Waals surface area contributed by atoms with Crippen molar-refractivity contribution in [3.05, 3.63) is 23.2 Å². The number of nitrogens with one attached hydrogen (secondary N) is 1. The van der Waals surface area contributed by atoms with Gasteiger partial charge in [-0.2, -0.15) is 0 Å². The number of carbonyl (C=O) groups excluding carboxylic acids is 1. The number of aromatic nitrogens is 1. The number of halogens is 1. The van der Waals surface area contributed by atoms with Crippen LogP contribution in [0.2, 0.25) is 0 Å². The summed E-state index contributed by atoms with van der Waals surface area (Å²) < 4.78 is 1.14. The summed E-state index contributed by atoms with van der Waals surface area (Å²) in [4.78, 5) is 16.7. The van der Waals surface area contributed by atoms with Gasteiger partial charge in [-0.05, 0) is 38.0 Å². The molecule has 4 nitrogen and oxygen atoms in total. The Morgan fingerprint density at radius 1 is 1.43 bits per heavy atom. The van der Waals surface area contributed by atoms with Gasteiger partial charge in [0.15, 0.2) is 0 Å². The standard InChI is InChI=1S/C15H19N3OS.ClH/c1-8(9(2)16)14(19)17-11-5-6-12-13(7-11)20-15(18-12)10-3-4-10;/h5-10H,3-4,16H2,1-2H3,(H,17,19);1H. The van der Waals surface area contributed by atoms with Gasteiger partial charge in [0.1, 0.15) is 0 Å². The molecule has 1 fully saturated rings. The number of hydrogen-bond acceptors (Lipinski definition) is 4. The molecule has 21 heavy (non-hydrogen) atoms. The second kappa shape index (κ2) is 6.30. The summed E-state index contributed by atoms with van der Waals surface area (Å²) >= 11 is 1.74. The van der Waals surface area contributed by atoms with E-state index in [-0.39, 0.29) is 30.3 Å². The van der Waals surface area contributed by atoms with Crippen LogP contribution >= 0.6 is 23.7 Å². The first-order chi connectivity index (χ1) is 9.54. The van der Waals surface area contributed by atoms with Gasteiger partial charge in [-0.25, -0.2) is 4.98 Å². The predicted molar refractivity (Wildman–Crippen MR) is 90.3 cm³/mol. The molecule has 1 aliphatic carbocycles. The molecule has 3 rings (SSSR count). The van der Waals surface area contributed by atoms with E-state index in [1.54, 1.807) is 11.3 Å². The van der Waals surface area contributed by atoms with Crippen molar-refractivity contribution in [2.75, 3.05) is 5.32 Å². The summed E-state index contributed by atoms with van der Waals surface area (Å²) in [6.07, 6.45) is 2.52. The van der Waals surface area contributed by atoms with Crippen LogP contribution in [0.1, 0.15) is 37.6 Å². The maximum atomic E-state index is 12.0. The molecule has 1 aliphatic rings. The minimum atomic E-state index is -0.200. The minimum absolute atomic E-state index is 0. The molecule has 2 atom stereocenters. The average Bonchev–Trinajstić information content (AvgIpc) is 3.17. The average molecular weight is 326 g/mol. The summed E-state index contributed by atoms with van der Waals surface area (Å²) in [5, 5.41) is 4.16. The van der Waals surface area contributed by atoms with Gasteiger partial charge in [-0.15, -0.1) is 23.7 Å². The molecule has 0 spiro atoms. The third-order valence-electron chi connectivity index (χ3n) is 3.80. The molecule has 2 unspecified atom stereocenters. The molecule has 6 heteroatoms. The lowest BCUT2D eigenvalue weighted by Gasteiger charge is -2.15. The number of hydrogen-bond donors (Lipinski definition) is 2. The Hall–Kier alpha value is -1.17. The van der Waals surface area contributed by atoms with Crippen molar-refractivity contribution >= 4 is 45.6 Å². The fourth-order valence-corrected chi connectivity index (χ4v) is 3.20. The Morgan fingerprint density at radius 2 is 2.14 bits per heavy atom. The lowest BCUT2D eigenvalue weighted by Crippen LogP contribution is -2.34. The summed E-state index contributed by atoms with van der Waals surface area (Å²) in [7, 11) is 0. The monoisotopic (exact) mass is 325 g/mol. The number of rotatable bonds is 4. The van der Waals surface area contributed by atoms with Gasteiger partial charge in [0.05, 0.1) is 21.1 Å². The van der Waals surface area contributed by atoms with Crippen molar-refractivity contribution < 1.29 is 4.79 Å². The third-order valence-corrected chi connectivity index (χ3v) is 4.98. The van der Waals surface area contributed by atoms with E-state index in [9.17, 15) is 4.79 Å². The molecule has 1 amide bonds. The molecule has 0 radical (unpaired) electrons. The minimum Gasteiger partial charge on any atom is -0.327 e. The van der Waals surface area contributed by atoms with Crippen LogP contribution in [0.15, 0.2) is 18.2 Å². The number of amides is 1. The number of thiazole rings is 1. The van der Waals surface area contributed by atoms with Crippen molar-refractivity contribution in [2.24, 2.45) is 11.7 Å². The predicted octanol–water partition coefficient (Wildman–Crippen LogP) is 3.52. The third kappa shape index (κ3) is 3.54. The van der Waals surface area contributed by atoms with Crippen molar-refractivity contribution in [3.63, 3.8) is 0 Å². The first kappa shape index (κ1) is 16.2. The van der Waals surface area contributed by atoms with Crippen molar-refractivity contribution in [2.45, 2.75) is 38.6 Å². The zero-order chi connectivity index (χ0) is 14.3. The van der Waals surface area contributed by atoms with E-state index in [1.165, 1.54) is 17.8 Å². The molecule has 1 saturated carbocycles. The lowest BCUT2D eigenvalue weighted by molar-refractivity contribution is -0.119. The largest absolute Gasteiger partial charge is 0.327 e. The number of carbonyl (C=O) groups is 1. The maximum absolute atomic E-state index is 12.0. The Balaban J connectivity index is 0.00000161. The highest BCUT2D eigenvalue weighted by Gasteiger charge is 2.27. The van der Waals surface area contributed by atoms with Crippen molar-refractivity contribution in [1.82, 2.24) is 4.98 Å². The number of nitrogens with two attached hydrogens (primary N) is 1. The van der Waals surface area contributed by atoms with Crippen LogP contribution in [0.5, 0.6) is 0 Å². The van der Waals surface area contributed by atoms with E-state index in [0.717, 1.165) is 15.9 Å². The van der Waals surface area contributed by atoms with E-state index in [1.807, 2.05) is 32.0 Å². The van der Waals surface area contributed by atoms with Crippen LogP contribution in [0.4, 0.5) is 5.69 Å². The second-order valence-corrected chi connectivity index (χ2v) is 6.71. The summed E-state index contributed by atoms with van der Waals surface area (Å²) in [6.45, 7) is 3.69. The van der Waals surface area contributed by atoms with Gasteiger partial charge in [-0.3, -0.25) is 4.79 Å². The number of benzene rings is 1. The van der Waals surface area contributed by atoms with Crippen molar-refractivity contribution in [3.8, 4) is 0 Å². The van der Waals surface area contributed by atoms with E-state index < -0.39 is 0 Å². The first-order valence-electron chi connectivity index (χ1n) is 7.01. The molecule has 0 aliphatic heterocycles. The Labute approximate surface area is 134 Å². The molecule has 114 valence electrons. The SMILES string of the molecule is CC(N)C(C)C(=O)Nc1ccc2nc(C3CC3)sc2c1.Cl. The molecule has 3 N–H and O–H groups in total. The molecule has 1 heterocycles. The highest BCUT2D eigenvalue weighted by Crippen LogP contribution is 2.43. The van der Waals surface area contributed by atoms with E-state index in [0.29, 0.717) is 5.92 Å². The Kier molecular flexibility index (Phi) is 4.86. The van der Waals surface area contributed by atoms with Crippen LogP contribution in [-0.2, 0) is 4.79 Å². The topological polar surface area (TPSA) is 68.0 Å². The molecule has 2 aromatic rings. The highest BCUT2D eigenvalue weighted by molar-refractivity contribution is 7.18. The van der Waals surface area contributed by atoms with E-state index in [4.69, 9.17) is 5.73 Å². The fourth-order valence-electron chi connectivity index (χ4n) is 2.02. The lowest BCUT2D eigenvalue weighted by atomic mass is 10.0. The second-order valence-electron chi connectivity index (χ2n) is 5.65. The van der Waals surface area contributed by atoms with Gasteiger partial charge in [-0.1, -0.05) is 6.92 Å². The highest BCUT2D eigenvalue weighted by atomic mass is 35.5. The summed E-state index contributed by atoms with van der Waals surface area (Å²) in [5.74, 6) is 0.434. The molecule has 1 aromatic heterocycles. The van der Waals surface area contributed by atoms with Gasteiger partial charge < -0.3 is 11.1 Å². The summed E-state index contributed by atoms with van der Waals surface area (Å²) in [5.41, 5.74) is 7.60. The quantitative estimate of drug-likeness (QED) is 0.903. The van der Waals surface area contributed by atoms with Crippen molar-refractivity contribution in [1.29, 1.82) is 0 Å². The number of fused-ring (bicyclic) bond motifs is 1. The smallest absolute Gasteiger partial charge is 0.228 e. The summed E-state index contributed by atoms with van der Waals surface area (Å²) in [6, 6.07) is 5.74. The van der Waals surface area contributed by atoms with Crippen LogP contribution in [0.25, 0.3) is 10.2 Å². The van der Waals surface area contributed by atoms with Crippen LogP contribution < -0.4 is 11.1 Å². The first-order valence-corrected chi connectivity index (χ1v) is 7.83. The fraction of sp³-hybridized carbons (Fsp3) is 0.467. The zero-order valence-electron chi connectivity index (χ0n) is 12.1. The van der Waals surface area contributed by atoms with Crippen LogP contribution in [-0.4, -0.2) is 16.9 Å². The molecular formula is C15H20ClN3OS. The molecular weight excluding hydrogens is 306 g/mol. The van der Waals surface area contributed by atoms with Gasteiger partial charge in [0.2, 0.25) is 5.91 Å². The van der Waals surface area contributed by atoms with Crippen LogP contribution in [0.3, 0.4) is 0 Å². The maximum Gasteiger partial charge on any atom is 0.228 e. The molecule has 0 saturated heterocycles. The molecule has 0 bridgehead atoms. The van der Waals surface area contributed by atoms with E-state index >= 15 is 0 Å². The zero-order valence-corrected chi connectivity index (χ0v) is 13.8. The Bertz CT molecular complexity index is 651.